The van der Waals surface area contributed by atoms with Gasteiger partial charge < -0.3 is 5.11 Å². The summed E-state index contributed by atoms with van der Waals surface area (Å²) in [5, 5.41) is 10.4. The topological polar surface area (TPSA) is 37.3 Å². The van der Waals surface area contributed by atoms with Gasteiger partial charge in [0.2, 0.25) is 0 Å². The minimum atomic E-state index is -0.516. The second-order valence-corrected chi connectivity index (χ2v) is 6.86. The van der Waals surface area contributed by atoms with Crippen LogP contribution in [-0.2, 0) is 4.79 Å². The van der Waals surface area contributed by atoms with E-state index in [0.29, 0.717) is 5.78 Å². The van der Waals surface area contributed by atoms with E-state index in [2.05, 4.69) is 0 Å². The quantitative estimate of drug-likeness (QED) is 0.684. The van der Waals surface area contributed by atoms with Gasteiger partial charge in [0.25, 0.3) is 0 Å². The summed E-state index contributed by atoms with van der Waals surface area (Å²) in [6, 6.07) is 0. The second kappa shape index (κ2) is 3.10. The van der Waals surface area contributed by atoms with Gasteiger partial charge in [0, 0.05) is 12.8 Å². The van der Waals surface area contributed by atoms with Gasteiger partial charge in [-0.3, -0.25) is 4.79 Å². The van der Waals surface area contributed by atoms with Gasteiger partial charge in [-0.2, -0.15) is 0 Å². The largest absolute Gasteiger partial charge is 0.390 e. The first-order chi connectivity index (χ1) is 7.47. The molecule has 0 bridgehead atoms. The number of carbonyl (C=O) groups excluding carboxylic acids is 1. The molecule has 0 aromatic heterocycles. The van der Waals surface area contributed by atoms with Crippen molar-refractivity contribution in [2.45, 2.75) is 70.3 Å². The van der Waals surface area contributed by atoms with E-state index < -0.39 is 5.60 Å². The first kappa shape index (κ1) is 10.8. The number of Topliss-reactive ketones (excluding diaryl/α,β-unsaturated/α-hetero) is 1. The molecule has 2 atom stereocenters. The Hall–Kier alpha value is -0.370. The molecule has 0 amide bonds. The molecule has 0 aliphatic heterocycles. The van der Waals surface area contributed by atoms with Crippen LogP contribution in [0, 0.1) is 10.8 Å². The van der Waals surface area contributed by atoms with Crippen molar-refractivity contribution in [1.29, 1.82) is 0 Å². The van der Waals surface area contributed by atoms with E-state index in [1.165, 1.54) is 32.1 Å². The highest BCUT2D eigenvalue weighted by atomic mass is 16.3. The van der Waals surface area contributed by atoms with Crippen LogP contribution in [0.1, 0.15) is 64.7 Å². The van der Waals surface area contributed by atoms with Crippen LogP contribution in [0.2, 0.25) is 0 Å². The average Bonchev–Trinajstić information content (AvgIpc) is 2.40. The van der Waals surface area contributed by atoms with Gasteiger partial charge in [-0.1, -0.05) is 19.3 Å². The van der Waals surface area contributed by atoms with Gasteiger partial charge in [-0.25, -0.2) is 0 Å². The smallest absolute Gasteiger partial charge is 0.134 e. The Morgan fingerprint density at radius 3 is 2.00 bits per heavy atom. The predicted octanol–water partition coefficient (Wildman–Crippen LogP) is 2.83. The van der Waals surface area contributed by atoms with E-state index in [1.807, 2.05) is 6.92 Å². The Balaban J connectivity index is 2.03. The molecule has 0 radical (unpaired) electrons. The molecule has 3 saturated carbocycles. The third-order valence-electron chi connectivity index (χ3n) is 5.45. The van der Waals surface area contributed by atoms with Crippen molar-refractivity contribution in [3.63, 3.8) is 0 Å². The maximum absolute atomic E-state index is 11.9. The van der Waals surface area contributed by atoms with E-state index in [4.69, 9.17) is 0 Å². The fourth-order valence-electron chi connectivity index (χ4n) is 5.20. The summed E-state index contributed by atoms with van der Waals surface area (Å²) in [7, 11) is 0. The normalized spacial score (nSPS) is 46.2. The van der Waals surface area contributed by atoms with Crippen LogP contribution in [0.3, 0.4) is 0 Å². The molecule has 0 aromatic carbocycles. The maximum Gasteiger partial charge on any atom is 0.134 e. The van der Waals surface area contributed by atoms with Crippen LogP contribution in [0.5, 0.6) is 0 Å². The molecule has 16 heavy (non-hydrogen) atoms. The molecule has 3 aliphatic carbocycles. The zero-order valence-corrected chi connectivity index (χ0v) is 10.2. The van der Waals surface area contributed by atoms with E-state index >= 15 is 0 Å². The van der Waals surface area contributed by atoms with Crippen LogP contribution < -0.4 is 0 Å². The van der Waals surface area contributed by atoms with Crippen LogP contribution in [0.25, 0.3) is 0 Å². The van der Waals surface area contributed by atoms with Gasteiger partial charge in [-0.05, 0) is 43.4 Å². The van der Waals surface area contributed by atoms with Gasteiger partial charge >= 0.3 is 0 Å². The lowest BCUT2D eigenvalue weighted by atomic mass is 9.65. The summed E-state index contributed by atoms with van der Waals surface area (Å²) in [6.07, 6.45) is 9.42. The molecule has 3 fully saturated rings. The van der Waals surface area contributed by atoms with Gasteiger partial charge in [0.1, 0.15) is 5.78 Å². The standard InChI is InChI=1S/C14H22O2/c1-12(16)9-13-5-3-2-4-6-14(13,10-12)8-11(15)7-13/h16H,2-10H2,1H3/t13-,14-/m0/s1. The van der Waals surface area contributed by atoms with E-state index in [1.54, 1.807) is 0 Å². The molecule has 0 saturated heterocycles. The molecular formula is C14H22O2. The highest BCUT2D eigenvalue weighted by molar-refractivity contribution is 5.83. The Kier molecular flexibility index (Phi) is 2.08. The molecule has 2 heteroatoms. The van der Waals surface area contributed by atoms with Crippen LogP contribution in [-0.4, -0.2) is 16.5 Å². The highest BCUT2D eigenvalue weighted by Gasteiger charge is 2.65. The summed E-state index contributed by atoms with van der Waals surface area (Å²) in [6.45, 7) is 1.97. The van der Waals surface area contributed by atoms with Gasteiger partial charge in [-0.15, -0.1) is 0 Å². The Morgan fingerprint density at radius 2 is 1.50 bits per heavy atom. The average molecular weight is 222 g/mol. The number of carbonyl (C=O) groups is 1. The SMILES string of the molecule is CC1(O)C[C@@]23CCCCC[C@]2(CC(=O)C3)C1. The predicted molar refractivity (Wildman–Crippen MR) is 62.0 cm³/mol. The number of hydrogen-bond acceptors (Lipinski definition) is 2. The minimum Gasteiger partial charge on any atom is -0.390 e. The van der Waals surface area contributed by atoms with Crippen LogP contribution >= 0.6 is 0 Å². The third kappa shape index (κ3) is 1.32. The molecule has 0 heterocycles. The molecule has 0 aromatic rings. The summed E-state index contributed by atoms with van der Waals surface area (Å²) >= 11 is 0. The summed E-state index contributed by atoms with van der Waals surface area (Å²) in [5.74, 6) is 0.456. The van der Waals surface area contributed by atoms with Crippen molar-refractivity contribution in [3.05, 3.63) is 0 Å². The molecule has 0 unspecified atom stereocenters. The fraction of sp³-hybridized carbons (Fsp3) is 0.929. The monoisotopic (exact) mass is 222 g/mol. The number of rotatable bonds is 0. The molecule has 3 aliphatic rings. The molecular weight excluding hydrogens is 200 g/mol. The first-order valence-corrected chi connectivity index (χ1v) is 6.71. The maximum atomic E-state index is 11.9. The van der Waals surface area contributed by atoms with E-state index in [9.17, 15) is 9.90 Å². The van der Waals surface area contributed by atoms with Crippen LogP contribution in [0.4, 0.5) is 0 Å². The third-order valence-corrected chi connectivity index (χ3v) is 5.45. The van der Waals surface area contributed by atoms with Gasteiger partial charge in [0.05, 0.1) is 5.60 Å². The summed E-state index contributed by atoms with van der Waals surface area (Å²) in [5.41, 5.74) is -0.174. The van der Waals surface area contributed by atoms with Gasteiger partial charge in [0.15, 0.2) is 0 Å². The lowest BCUT2D eigenvalue weighted by Crippen LogP contribution is -2.30. The molecule has 0 spiro atoms. The highest BCUT2D eigenvalue weighted by Crippen LogP contribution is 2.69. The lowest BCUT2D eigenvalue weighted by molar-refractivity contribution is -0.118. The Labute approximate surface area is 97.4 Å². The number of aliphatic hydroxyl groups is 1. The minimum absolute atomic E-state index is 0.171. The fourth-order valence-corrected chi connectivity index (χ4v) is 5.20. The van der Waals surface area contributed by atoms with Crippen molar-refractivity contribution in [3.8, 4) is 0 Å². The zero-order valence-electron chi connectivity index (χ0n) is 10.2. The van der Waals surface area contributed by atoms with Crippen molar-refractivity contribution >= 4 is 5.78 Å². The zero-order chi connectivity index (χ0) is 11.4. The second-order valence-electron chi connectivity index (χ2n) is 6.86. The Bertz CT molecular complexity index is 306. The number of ketones is 1. The van der Waals surface area contributed by atoms with Crippen molar-refractivity contribution in [1.82, 2.24) is 0 Å². The Morgan fingerprint density at radius 1 is 1.00 bits per heavy atom. The van der Waals surface area contributed by atoms with Crippen molar-refractivity contribution in [2.75, 3.05) is 0 Å². The number of hydrogen-bond donors (Lipinski definition) is 1. The molecule has 3 rings (SSSR count). The van der Waals surface area contributed by atoms with Crippen molar-refractivity contribution in [2.24, 2.45) is 10.8 Å². The van der Waals surface area contributed by atoms with E-state index in [-0.39, 0.29) is 10.8 Å². The first-order valence-electron chi connectivity index (χ1n) is 6.71. The van der Waals surface area contributed by atoms with Crippen LogP contribution in [0.15, 0.2) is 0 Å². The summed E-state index contributed by atoms with van der Waals surface area (Å²) in [4.78, 5) is 11.9. The lowest BCUT2D eigenvalue weighted by Gasteiger charge is -2.38. The van der Waals surface area contributed by atoms with Crippen molar-refractivity contribution < 1.29 is 9.90 Å². The molecule has 90 valence electrons. The molecule has 1 N–H and O–H groups in total. The summed E-state index contributed by atoms with van der Waals surface area (Å²) < 4.78 is 0. The van der Waals surface area contributed by atoms with E-state index in [0.717, 1.165) is 25.7 Å². The molecule has 2 nitrogen and oxygen atoms in total.